The van der Waals surface area contributed by atoms with E-state index in [1.54, 1.807) is 49.6 Å². The zero-order valence-corrected chi connectivity index (χ0v) is 21.4. The van der Waals surface area contributed by atoms with E-state index in [0.29, 0.717) is 29.4 Å². The lowest BCUT2D eigenvalue weighted by Crippen LogP contribution is -2.15. The van der Waals surface area contributed by atoms with E-state index >= 15 is 0 Å². The predicted octanol–water partition coefficient (Wildman–Crippen LogP) is 5.46. The predicted molar refractivity (Wildman–Crippen MR) is 137 cm³/mol. The Morgan fingerprint density at radius 2 is 1.56 bits per heavy atom. The molecule has 0 N–H and O–H groups in total. The lowest BCUT2D eigenvalue weighted by Gasteiger charge is -2.12. The molecule has 3 aromatic carbocycles. The molecule has 4 rings (SSSR count). The molecule has 0 unspecified atom stereocenters. The molecule has 0 atom stereocenters. The van der Waals surface area contributed by atoms with Gasteiger partial charge in [0.2, 0.25) is 0 Å². The Balaban J connectivity index is 1.84. The summed E-state index contributed by atoms with van der Waals surface area (Å²) in [5.41, 5.74) is 2.25. The summed E-state index contributed by atoms with van der Waals surface area (Å²) in [5, 5.41) is 4.63. The first-order chi connectivity index (χ1) is 17.5. The molecule has 4 aromatic rings. The second kappa shape index (κ2) is 11.1. The van der Waals surface area contributed by atoms with E-state index in [9.17, 15) is 9.59 Å². The average Bonchev–Trinajstić information content (AvgIpc) is 3.33. The van der Waals surface area contributed by atoms with Crippen LogP contribution >= 0.6 is 15.9 Å². The van der Waals surface area contributed by atoms with Gasteiger partial charge < -0.3 is 18.9 Å². The van der Waals surface area contributed by atoms with E-state index < -0.39 is 11.9 Å². The Hall–Kier alpha value is -4.11. The SMILES string of the molecule is COC(=O)c1c(-c2ccc(OC)c(OCc3ccc(Br)cc3)c2)nn(-c2ccccc2)c1C(=O)OC. The standard InChI is InChI=1S/C27H23BrN2O6/c1-33-21-14-11-18(15-22(21)36-16-17-9-12-19(28)13-10-17)24-23(26(31)34-2)25(27(32)35-3)30(29-24)20-7-5-4-6-8-20/h4-15H,16H2,1-3H3. The molecule has 9 heteroatoms. The number of esters is 2. The first kappa shape index (κ1) is 25.0. The zero-order valence-electron chi connectivity index (χ0n) is 19.9. The van der Waals surface area contributed by atoms with Gasteiger partial charge in [-0.3, -0.25) is 0 Å². The van der Waals surface area contributed by atoms with Crippen LogP contribution in [0.2, 0.25) is 0 Å². The number of halogens is 1. The minimum absolute atomic E-state index is 0.0165. The summed E-state index contributed by atoms with van der Waals surface area (Å²) in [6.45, 7) is 0.294. The van der Waals surface area contributed by atoms with Gasteiger partial charge in [0.15, 0.2) is 17.2 Å². The molecule has 8 nitrogen and oxygen atoms in total. The van der Waals surface area contributed by atoms with Crippen molar-refractivity contribution in [2.45, 2.75) is 6.61 Å². The second-order valence-corrected chi connectivity index (χ2v) is 8.50. The highest BCUT2D eigenvalue weighted by atomic mass is 79.9. The minimum Gasteiger partial charge on any atom is -0.493 e. The van der Waals surface area contributed by atoms with Gasteiger partial charge in [0.1, 0.15) is 17.9 Å². The molecule has 1 aromatic heterocycles. The molecule has 0 saturated carbocycles. The average molecular weight is 551 g/mol. The van der Waals surface area contributed by atoms with Crippen LogP contribution in [0.1, 0.15) is 26.4 Å². The minimum atomic E-state index is -0.724. The third-order valence-electron chi connectivity index (χ3n) is 5.40. The van der Waals surface area contributed by atoms with Crippen molar-refractivity contribution < 1.29 is 28.5 Å². The van der Waals surface area contributed by atoms with Crippen LogP contribution in [-0.4, -0.2) is 43.0 Å². The molecule has 0 saturated heterocycles. The van der Waals surface area contributed by atoms with Gasteiger partial charge >= 0.3 is 11.9 Å². The molecule has 0 radical (unpaired) electrons. The van der Waals surface area contributed by atoms with Crippen molar-refractivity contribution in [1.82, 2.24) is 9.78 Å². The number of aromatic nitrogens is 2. The molecule has 0 aliphatic rings. The van der Waals surface area contributed by atoms with Gasteiger partial charge in [-0.15, -0.1) is 0 Å². The number of ether oxygens (including phenoxy) is 4. The van der Waals surface area contributed by atoms with Crippen LogP contribution in [0.3, 0.4) is 0 Å². The molecule has 0 aliphatic carbocycles. The van der Waals surface area contributed by atoms with Gasteiger partial charge in [-0.05, 0) is 48.0 Å². The van der Waals surface area contributed by atoms with Gasteiger partial charge in [0.05, 0.1) is 27.0 Å². The van der Waals surface area contributed by atoms with E-state index in [0.717, 1.165) is 10.0 Å². The van der Waals surface area contributed by atoms with Crippen molar-refractivity contribution in [1.29, 1.82) is 0 Å². The summed E-state index contributed by atoms with van der Waals surface area (Å²) in [6, 6.07) is 21.9. The quantitative estimate of drug-likeness (QED) is 0.269. The number of hydrogen-bond donors (Lipinski definition) is 0. The summed E-state index contributed by atoms with van der Waals surface area (Å²) in [7, 11) is 4.03. The summed E-state index contributed by atoms with van der Waals surface area (Å²) in [6.07, 6.45) is 0. The maximum absolute atomic E-state index is 12.9. The van der Waals surface area contributed by atoms with Crippen LogP contribution in [0, 0.1) is 0 Å². The summed E-state index contributed by atoms with van der Waals surface area (Å²) in [4.78, 5) is 25.7. The van der Waals surface area contributed by atoms with Crippen molar-refractivity contribution >= 4 is 27.9 Å². The molecule has 0 aliphatic heterocycles. The Labute approximate surface area is 216 Å². The van der Waals surface area contributed by atoms with E-state index in [-0.39, 0.29) is 17.0 Å². The van der Waals surface area contributed by atoms with Gasteiger partial charge in [-0.2, -0.15) is 5.10 Å². The highest BCUT2D eigenvalue weighted by Crippen LogP contribution is 2.36. The molecular formula is C27H23BrN2O6. The topological polar surface area (TPSA) is 88.9 Å². The van der Waals surface area contributed by atoms with Crippen LogP contribution < -0.4 is 9.47 Å². The second-order valence-electron chi connectivity index (χ2n) is 7.58. The highest BCUT2D eigenvalue weighted by Gasteiger charge is 2.31. The number of carbonyl (C=O) groups is 2. The molecule has 184 valence electrons. The number of rotatable bonds is 8. The van der Waals surface area contributed by atoms with E-state index in [4.69, 9.17) is 18.9 Å². The van der Waals surface area contributed by atoms with Crippen LogP contribution in [-0.2, 0) is 16.1 Å². The molecule has 0 amide bonds. The lowest BCUT2D eigenvalue weighted by atomic mass is 10.0. The van der Waals surface area contributed by atoms with Crippen molar-refractivity contribution in [2.75, 3.05) is 21.3 Å². The zero-order chi connectivity index (χ0) is 25.7. The van der Waals surface area contributed by atoms with Crippen LogP contribution in [0.5, 0.6) is 11.5 Å². The molecule has 0 bridgehead atoms. The fourth-order valence-electron chi connectivity index (χ4n) is 3.64. The van der Waals surface area contributed by atoms with E-state index in [1.807, 2.05) is 30.3 Å². The third-order valence-corrected chi connectivity index (χ3v) is 5.93. The van der Waals surface area contributed by atoms with Gasteiger partial charge in [0.25, 0.3) is 0 Å². The van der Waals surface area contributed by atoms with Crippen molar-refractivity contribution in [3.05, 3.63) is 94.1 Å². The number of para-hydroxylation sites is 1. The monoisotopic (exact) mass is 550 g/mol. The number of nitrogens with zero attached hydrogens (tertiary/aromatic N) is 2. The highest BCUT2D eigenvalue weighted by molar-refractivity contribution is 9.10. The maximum Gasteiger partial charge on any atom is 0.357 e. The van der Waals surface area contributed by atoms with Crippen LogP contribution in [0.4, 0.5) is 0 Å². The third kappa shape index (κ3) is 5.11. The van der Waals surface area contributed by atoms with Crippen LogP contribution in [0.15, 0.2) is 77.3 Å². The van der Waals surface area contributed by atoms with Crippen molar-refractivity contribution in [3.63, 3.8) is 0 Å². The lowest BCUT2D eigenvalue weighted by molar-refractivity contribution is 0.0549. The smallest absolute Gasteiger partial charge is 0.357 e. The number of benzene rings is 3. The van der Waals surface area contributed by atoms with Crippen molar-refractivity contribution in [3.8, 4) is 28.4 Å². The normalized spacial score (nSPS) is 10.6. The molecule has 1 heterocycles. The fourth-order valence-corrected chi connectivity index (χ4v) is 3.90. The van der Waals surface area contributed by atoms with Gasteiger partial charge in [-0.1, -0.05) is 46.3 Å². The van der Waals surface area contributed by atoms with Crippen molar-refractivity contribution in [2.24, 2.45) is 0 Å². The van der Waals surface area contributed by atoms with Gasteiger partial charge in [0, 0.05) is 10.0 Å². The Morgan fingerprint density at radius 1 is 0.861 bits per heavy atom. The first-order valence-electron chi connectivity index (χ1n) is 10.9. The van der Waals surface area contributed by atoms with E-state index in [1.165, 1.54) is 18.9 Å². The molecule has 36 heavy (non-hydrogen) atoms. The van der Waals surface area contributed by atoms with Gasteiger partial charge in [-0.25, -0.2) is 14.3 Å². The summed E-state index contributed by atoms with van der Waals surface area (Å²) < 4.78 is 23.9. The summed E-state index contributed by atoms with van der Waals surface area (Å²) in [5.74, 6) is -0.493. The van der Waals surface area contributed by atoms with E-state index in [2.05, 4.69) is 21.0 Å². The Bertz CT molecular complexity index is 1380. The van der Waals surface area contributed by atoms with Crippen LogP contribution in [0.25, 0.3) is 16.9 Å². The number of hydrogen-bond acceptors (Lipinski definition) is 7. The Morgan fingerprint density at radius 3 is 2.19 bits per heavy atom. The molecular weight excluding hydrogens is 528 g/mol. The first-order valence-corrected chi connectivity index (χ1v) is 11.7. The Kier molecular flexibility index (Phi) is 7.70. The largest absolute Gasteiger partial charge is 0.493 e. The fraction of sp³-hybridized carbons (Fsp3) is 0.148. The molecule has 0 spiro atoms. The number of carbonyl (C=O) groups excluding carboxylic acids is 2. The maximum atomic E-state index is 12.9. The molecule has 0 fully saturated rings. The summed E-state index contributed by atoms with van der Waals surface area (Å²) >= 11 is 3.42. The number of methoxy groups -OCH3 is 3.